The van der Waals surface area contributed by atoms with Crippen LogP contribution in [-0.4, -0.2) is 14.6 Å². The quantitative estimate of drug-likeness (QED) is 0.621. The molecule has 0 saturated heterocycles. The van der Waals surface area contributed by atoms with Crippen molar-refractivity contribution < 1.29 is 4.39 Å². The van der Waals surface area contributed by atoms with Crippen LogP contribution in [0.5, 0.6) is 0 Å². The number of fused-ring (bicyclic) bond motifs is 1. The number of benzene rings is 1. The molecule has 3 rings (SSSR count). The minimum absolute atomic E-state index is 0.239. The molecule has 1 aromatic carbocycles. The second-order valence-electron chi connectivity index (χ2n) is 3.48. The highest BCUT2D eigenvalue weighted by Crippen LogP contribution is 2.18. The van der Waals surface area contributed by atoms with Crippen molar-refractivity contribution in [2.24, 2.45) is 0 Å². The van der Waals surface area contributed by atoms with E-state index in [1.807, 2.05) is 12.3 Å². The lowest BCUT2D eigenvalue weighted by Gasteiger charge is -2.01. The van der Waals surface area contributed by atoms with Gasteiger partial charge in [0.2, 0.25) is 0 Å². The van der Waals surface area contributed by atoms with Crippen LogP contribution in [0.1, 0.15) is 0 Å². The van der Waals surface area contributed by atoms with Gasteiger partial charge in [0.15, 0.2) is 5.65 Å². The zero-order chi connectivity index (χ0) is 11.0. The SMILES string of the molecule is Fc1ccc(-c2cnc3ccnn3c2)cc1. The van der Waals surface area contributed by atoms with E-state index in [2.05, 4.69) is 10.1 Å². The molecule has 3 nitrogen and oxygen atoms in total. The molecule has 0 saturated carbocycles. The van der Waals surface area contributed by atoms with Gasteiger partial charge in [-0.15, -0.1) is 0 Å². The fraction of sp³-hybridized carbons (Fsp3) is 0. The summed E-state index contributed by atoms with van der Waals surface area (Å²) in [6.45, 7) is 0. The van der Waals surface area contributed by atoms with E-state index >= 15 is 0 Å². The van der Waals surface area contributed by atoms with Crippen LogP contribution < -0.4 is 0 Å². The van der Waals surface area contributed by atoms with Gasteiger partial charge in [0.25, 0.3) is 0 Å². The molecule has 0 fully saturated rings. The second kappa shape index (κ2) is 3.41. The lowest BCUT2D eigenvalue weighted by atomic mass is 10.1. The first-order valence-electron chi connectivity index (χ1n) is 4.88. The van der Waals surface area contributed by atoms with Gasteiger partial charge in [-0.05, 0) is 17.7 Å². The predicted molar refractivity (Wildman–Crippen MR) is 58.4 cm³/mol. The fourth-order valence-electron chi connectivity index (χ4n) is 1.60. The Hall–Kier alpha value is -2.23. The van der Waals surface area contributed by atoms with Crippen molar-refractivity contribution in [3.8, 4) is 11.1 Å². The summed E-state index contributed by atoms with van der Waals surface area (Å²) in [5.74, 6) is -0.239. The van der Waals surface area contributed by atoms with Gasteiger partial charge in [-0.25, -0.2) is 13.9 Å². The summed E-state index contributed by atoms with van der Waals surface area (Å²) in [5.41, 5.74) is 2.63. The average molecular weight is 213 g/mol. The lowest BCUT2D eigenvalue weighted by molar-refractivity contribution is 0.628. The van der Waals surface area contributed by atoms with E-state index < -0.39 is 0 Å². The standard InChI is InChI=1S/C12H8FN3/c13-11-3-1-9(2-4-11)10-7-14-12-5-6-15-16(12)8-10/h1-8H. The van der Waals surface area contributed by atoms with E-state index in [4.69, 9.17) is 0 Å². The maximum Gasteiger partial charge on any atom is 0.154 e. The maximum absolute atomic E-state index is 12.8. The molecule has 0 aliphatic rings. The van der Waals surface area contributed by atoms with E-state index in [0.717, 1.165) is 16.8 Å². The molecule has 4 heteroatoms. The van der Waals surface area contributed by atoms with Crippen LogP contribution in [0.15, 0.2) is 48.9 Å². The van der Waals surface area contributed by atoms with Crippen LogP contribution in [0.3, 0.4) is 0 Å². The molecule has 0 aliphatic heterocycles. The van der Waals surface area contributed by atoms with Gasteiger partial charge in [0.1, 0.15) is 5.82 Å². The van der Waals surface area contributed by atoms with Crippen molar-refractivity contribution in [2.75, 3.05) is 0 Å². The summed E-state index contributed by atoms with van der Waals surface area (Å²) in [6, 6.07) is 8.14. The first kappa shape index (κ1) is 9.03. The Morgan fingerprint density at radius 3 is 2.62 bits per heavy atom. The Morgan fingerprint density at radius 1 is 1.00 bits per heavy atom. The van der Waals surface area contributed by atoms with Gasteiger partial charge in [0, 0.05) is 24.0 Å². The van der Waals surface area contributed by atoms with Gasteiger partial charge < -0.3 is 0 Å². The number of hydrogen-bond donors (Lipinski definition) is 0. The average Bonchev–Trinajstić information content (AvgIpc) is 2.77. The van der Waals surface area contributed by atoms with Crippen LogP contribution in [0.2, 0.25) is 0 Å². The molecule has 78 valence electrons. The topological polar surface area (TPSA) is 30.2 Å². The monoisotopic (exact) mass is 213 g/mol. The highest BCUT2D eigenvalue weighted by Gasteiger charge is 2.01. The number of hydrogen-bond acceptors (Lipinski definition) is 2. The highest BCUT2D eigenvalue weighted by atomic mass is 19.1. The first-order valence-corrected chi connectivity index (χ1v) is 4.88. The summed E-state index contributed by atoms with van der Waals surface area (Å²) in [5, 5.41) is 4.10. The van der Waals surface area contributed by atoms with Crippen LogP contribution in [-0.2, 0) is 0 Å². The molecular formula is C12H8FN3. The minimum atomic E-state index is -0.239. The van der Waals surface area contributed by atoms with Crippen molar-refractivity contribution in [3.63, 3.8) is 0 Å². The molecule has 2 heterocycles. The summed E-state index contributed by atoms with van der Waals surface area (Å²) in [4.78, 5) is 4.25. The van der Waals surface area contributed by atoms with Crippen molar-refractivity contribution in [1.29, 1.82) is 0 Å². The Labute approximate surface area is 91.2 Å². The van der Waals surface area contributed by atoms with Gasteiger partial charge in [-0.3, -0.25) is 0 Å². The molecule has 2 aromatic heterocycles. The van der Waals surface area contributed by atoms with E-state index in [9.17, 15) is 4.39 Å². The van der Waals surface area contributed by atoms with Crippen LogP contribution >= 0.6 is 0 Å². The summed E-state index contributed by atoms with van der Waals surface area (Å²) >= 11 is 0. The zero-order valence-corrected chi connectivity index (χ0v) is 8.34. The van der Waals surface area contributed by atoms with Crippen molar-refractivity contribution in [3.05, 3.63) is 54.7 Å². The molecule has 0 bridgehead atoms. The Bertz CT molecular complexity index is 628. The normalized spacial score (nSPS) is 10.8. The third-order valence-electron chi connectivity index (χ3n) is 2.42. The molecule has 0 N–H and O–H groups in total. The van der Waals surface area contributed by atoms with Crippen molar-refractivity contribution in [1.82, 2.24) is 14.6 Å². The van der Waals surface area contributed by atoms with E-state index in [0.29, 0.717) is 0 Å². The Balaban J connectivity index is 2.14. The van der Waals surface area contributed by atoms with Crippen LogP contribution in [0.25, 0.3) is 16.8 Å². The summed E-state index contributed by atoms with van der Waals surface area (Å²) < 4.78 is 14.5. The van der Waals surface area contributed by atoms with Crippen molar-refractivity contribution in [2.45, 2.75) is 0 Å². The first-order chi connectivity index (χ1) is 7.83. The third-order valence-corrected chi connectivity index (χ3v) is 2.42. The molecule has 3 aromatic rings. The molecule has 16 heavy (non-hydrogen) atoms. The summed E-state index contributed by atoms with van der Waals surface area (Å²) in [6.07, 6.45) is 5.32. The molecule has 0 unspecified atom stereocenters. The van der Waals surface area contributed by atoms with Gasteiger partial charge in [0.05, 0.1) is 6.20 Å². The lowest BCUT2D eigenvalue weighted by Crippen LogP contribution is -1.91. The number of halogens is 1. The molecule has 0 aliphatic carbocycles. The number of rotatable bonds is 1. The smallest absolute Gasteiger partial charge is 0.154 e. The molecule has 0 atom stereocenters. The Morgan fingerprint density at radius 2 is 1.81 bits per heavy atom. The van der Waals surface area contributed by atoms with Crippen molar-refractivity contribution >= 4 is 5.65 Å². The van der Waals surface area contributed by atoms with Crippen LogP contribution in [0, 0.1) is 5.82 Å². The van der Waals surface area contributed by atoms with E-state index in [1.54, 1.807) is 29.0 Å². The van der Waals surface area contributed by atoms with E-state index in [1.165, 1.54) is 12.1 Å². The fourth-order valence-corrected chi connectivity index (χ4v) is 1.60. The largest absolute Gasteiger partial charge is 0.236 e. The number of nitrogens with zero attached hydrogens (tertiary/aromatic N) is 3. The second-order valence-corrected chi connectivity index (χ2v) is 3.48. The minimum Gasteiger partial charge on any atom is -0.236 e. The van der Waals surface area contributed by atoms with Gasteiger partial charge >= 0.3 is 0 Å². The molecular weight excluding hydrogens is 205 g/mol. The molecule has 0 amide bonds. The van der Waals surface area contributed by atoms with Gasteiger partial charge in [-0.2, -0.15) is 5.10 Å². The van der Waals surface area contributed by atoms with Crippen LogP contribution in [0.4, 0.5) is 4.39 Å². The Kier molecular flexibility index (Phi) is 1.93. The zero-order valence-electron chi connectivity index (χ0n) is 8.34. The third kappa shape index (κ3) is 1.44. The number of aromatic nitrogens is 3. The summed E-state index contributed by atoms with van der Waals surface area (Å²) in [7, 11) is 0. The van der Waals surface area contributed by atoms with Gasteiger partial charge in [-0.1, -0.05) is 12.1 Å². The molecule has 0 radical (unpaired) electrons. The maximum atomic E-state index is 12.8. The predicted octanol–water partition coefficient (Wildman–Crippen LogP) is 2.54. The van der Waals surface area contributed by atoms with E-state index in [-0.39, 0.29) is 5.82 Å². The molecule has 0 spiro atoms. The highest BCUT2D eigenvalue weighted by molar-refractivity contribution is 5.62.